The summed E-state index contributed by atoms with van der Waals surface area (Å²) in [4.78, 5) is 1.60. The first-order valence-corrected chi connectivity index (χ1v) is 8.39. The Morgan fingerprint density at radius 2 is 1.32 bits per heavy atom. The molecule has 7 nitrogen and oxygen atoms in total. The standard InChI is InChI=1S/C17H26ClNO6/c1-10(2)9-13(19(3)4)14(11-5-7-12(18)8-6-11)15(20,21)17(24,25)16(14,22)23/h5-8,10,13,20-25H,9H2,1-4H3. The number of likely N-dealkylation sites (N-methyl/N-ethyl adjacent to an activating group) is 1. The van der Waals surface area contributed by atoms with Crippen LogP contribution in [0.1, 0.15) is 25.8 Å². The van der Waals surface area contributed by atoms with Crippen LogP contribution in [-0.2, 0) is 5.41 Å². The van der Waals surface area contributed by atoms with Gasteiger partial charge in [-0.3, -0.25) is 0 Å². The molecule has 1 aliphatic rings. The van der Waals surface area contributed by atoms with Crippen LogP contribution in [0.25, 0.3) is 0 Å². The molecule has 6 N–H and O–H groups in total. The third kappa shape index (κ3) is 2.46. The average Bonchev–Trinajstić information content (AvgIpc) is 2.46. The predicted octanol–water partition coefficient (Wildman–Crippen LogP) is -0.390. The molecule has 0 radical (unpaired) electrons. The molecule has 0 bridgehead atoms. The molecule has 1 aromatic rings. The van der Waals surface area contributed by atoms with E-state index in [0.29, 0.717) is 11.4 Å². The van der Waals surface area contributed by atoms with Crippen molar-refractivity contribution in [2.45, 2.75) is 49.1 Å². The first-order chi connectivity index (χ1) is 11.2. The van der Waals surface area contributed by atoms with Crippen LogP contribution in [0.4, 0.5) is 0 Å². The Kier molecular flexibility index (Phi) is 5.05. The topological polar surface area (TPSA) is 125 Å². The van der Waals surface area contributed by atoms with Gasteiger partial charge in [-0.15, -0.1) is 0 Å². The van der Waals surface area contributed by atoms with Gasteiger partial charge in [0.2, 0.25) is 11.6 Å². The van der Waals surface area contributed by atoms with E-state index in [-0.39, 0.29) is 11.5 Å². The fraction of sp³-hybridized carbons (Fsp3) is 0.647. The van der Waals surface area contributed by atoms with E-state index in [0.717, 1.165) is 0 Å². The maximum atomic E-state index is 10.6. The lowest BCUT2D eigenvalue weighted by Gasteiger charge is -2.70. The molecule has 0 amide bonds. The van der Waals surface area contributed by atoms with Crippen LogP contribution in [0, 0.1) is 5.92 Å². The normalized spacial score (nSPS) is 24.2. The highest BCUT2D eigenvalue weighted by Crippen LogP contribution is 2.64. The summed E-state index contributed by atoms with van der Waals surface area (Å²) in [7, 11) is 3.29. The van der Waals surface area contributed by atoms with Gasteiger partial charge >= 0.3 is 0 Å². The van der Waals surface area contributed by atoms with Crippen molar-refractivity contribution in [3.63, 3.8) is 0 Å². The van der Waals surface area contributed by atoms with E-state index >= 15 is 0 Å². The van der Waals surface area contributed by atoms with E-state index in [1.54, 1.807) is 19.0 Å². The summed E-state index contributed by atoms with van der Waals surface area (Å²) in [5.74, 6) is -9.93. The zero-order chi connectivity index (χ0) is 19.4. The van der Waals surface area contributed by atoms with Crippen molar-refractivity contribution < 1.29 is 30.6 Å². The quantitative estimate of drug-likeness (QED) is 0.387. The van der Waals surface area contributed by atoms with Crippen LogP contribution in [0.2, 0.25) is 5.02 Å². The summed E-state index contributed by atoms with van der Waals surface area (Å²) in [5, 5.41) is 62.8. The van der Waals surface area contributed by atoms with Gasteiger partial charge < -0.3 is 35.5 Å². The minimum absolute atomic E-state index is 0.0514. The van der Waals surface area contributed by atoms with Gasteiger partial charge in [-0.25, -0.2) is 0 Å². The minimum atomic E-state index is -3.54. The SMILES string of the molecule is CC(C)CC(N(C)C)C1(c2ccc(Cl)cc2)C(O)(O)C(O)(O)C1(O)O. The molecule has 0 saturated heterocycles. The van der Waals surface area contributed by atoms with E-state index in [4.69, 9.17) is 11.6 Å². The van der Waals surface area contributed by atoms with Crippen LogP contribution in [0.5, 0.6) is 0 Å². The van der Waals surface area contributed by atoms with Crippen molar-refractivity contribution in [2.24, 2.45) is 5.92 Å². The number of nitrogens with zero attached hydrogens (tertiary/aromatic N) is 1. The number of benzene rings is 1. The molecule has 2 rings (SSSR count). The molecule has 1 aromatic carbocycles. The lowest BCUT2D eigenvalue weighted by Crippen LogP contribution is -2.97. The predicted molar refractivity (Wildman–Crippen MR) is 91.6 cm³/mol. The maximum Gasteiger partial charge on any atom is 0.276 e. The van der Waals surface area contributed by atoms with Crippen LogP contribution >= 0.6 is 11.6 Å². The van der Waals surface area contributed by atoms with Crippen LogP contribution < -0.4 is 0 Å². The van der Waals surface area contributed by atoms with Gasteiger partial charge in [-0.1, -0.05) is 37.6 Å². The molecular weight excluding hydrogens is 350 g/mol. The first kappa shape index (κ1) is 20.5. The summed E-state index contributed by atoms with van der Waals surface area (Å²) in [5.41, 5.74) is -2.09. The van der Waals surface area contributed by atoms with Crippen molar-refractivity contribution in [1.82, 2.24) is 4.90 Å². The summed E-state index contributed by atoms with van der Waals surface area (Å²) in [6.45, 7) is 3.78. The van der Waals surface area contributed by atoms with Gasteiger partial charge in [0, 0.05) is 11.1 Å². The Labute approximate surface area is 151 Å². The number of rotatable bonds is 5. The lowest BCUT2D eigenvalue weighted by atomic mass is 9.46. The molecule has 8 heteroatoms. The Hall–Kier alpha value is -0.770. The van der Waals surface area contributed by atoms with Crippen molar-refractivity contribution in [3.05, 3.63) is 34.9 Å². The Morgan fingerprint density at radius 1 is 0.880 bits per heavy atom. The molecule has 1 unspecified atom stereocenters. The summed E-state index contributed by atoms with van der Waals surface area (Å²) in [6.07, 6.45) is 0.331. The third-order valence-corrected chi connectivity index (χ3v) is 5.44. The second-order valence-electron chi connectivity index (χ2n) is 7.44. The van der Waals surface area contributed by atoms with E-state index in [2.05, 4.69) is 0 Å². The van der Waals surface area contributed by atoms with Crippen molar-refractivity contribution >= 4 is 11.6 Å². The van der Waals surface area contributed by atoms with Crippen LogP contribution in [0.3, 0.4) is 0 Å². The molecule has 25 heavy (non-hydrogen) atoms. The smallest absolute Gasteiger partial charge is 0.276 e. The van der Waals surface area contributed by atoms with E-state index in [9.17, 15) is 30.6 Å². The number of aliphatic hydroxyl groups is 6. The van der Waals surface area contributed by atoms with Gasteiger partial charge in [0.1, 0.15) is 5.41 Å². The highest BCUT2D eigenvalue weighted by molar-refractivity contribution is 6.30. The van der Waals surface area contributed by atoms with Gasteiger partial charge in [-0.05, 0) is 44.1 Å². The second kappa shape index (κ2) is 6.14. The molecule has 0 aliphatic heterocycles. The Bertz CT molecular complexity index is 609. The maximum absolute atomic E-state index is 10.6. The second-order valence-corrected chi connectivity index (χ2v) is 7.88. The highest BCUT2D eigenvalue weighted by Gasteiger charge is 2.91. The molecule has 1 atom stereocenters. The third-order valence-electron chi connectivity index (χ3n) is 5.19. The molecule has 142 valence electrons. The van der Waals surface area contributed by atoms with Gasteiger partial charge in [0.05, 0.1) is 0 Å². The molecule has 0 spiro atoms. The van der Waals surface area contributed by atoms with Crippen molar-refractivity contribution in [3.8, 4) is 0 Å². The number of halogens is 1. The highest BCUT2D eigenvalue weighted by atomic mass is 35.5. The fourth-order valence-corrected chi connectivity index (χ4v) is 4.09. The lowest BCUT2D eigenvalue weighted by molar-refractivity contribution is -0.574. The summed E-state index contributed by atoms with van der Waals surface area (Å²) in [6, 6.07) is 4.91. The molecule has 1 saturated carbocycles. The fourth-order valence-electron chi connectivity index (χ4n) is 3.97. The molecule has 0 heterocycles. The summed E-state index contributed by atoms with van der Waals surface area (Å²) < 4.78 is 0. The zero-order valence-corrected chi connectivity index (χ0v) is 15.4. The largest absolute Gasteiger partial charge is 0.360 e. The zero-order valence-electron chi connectivity index (χ0n) is 14.7. The molecule has 0 aromatic heterocycles. The van der Waals surface area contributed by atoms with Crippen LogP contribution in [-0.4, -0.2) is 73.0 Å². The average molecular weight is 376 g/mol. The van der Waals surface area contributed by atoms with Crippen molar-refractivity contribution in [1.29, 1.82) is 0 Å². The summed E-state index contributed by atoms with van der Waals surface area (Å²) >= 11 is 5.89. The van der Waals surface area contributed by atoms with Gasteiger partial charge in [0.25, 0.3) is 5.79 Å². The Morgan fingerprint density at radius 3 is 1.68 bits per heavy atom. The minimum Gasteiger partial charge on any atom is -0.360 e. The monoisotopic (exact) mass is 375 g/mol. The van der Waals surface area contributed by atoms with E-state index in [1.807, 2.05) is 13.8 Å². The van der Waals surface area contributed by atoms with Crippen molar-refractivity contribution in [2.75, 3.05) is 14.1 Å². The Balaban J connectivity index is 2.79. The van der Waals surface area contributed by atoms with Crippen LogP contribution in [0.15, 0.2) is 24.3 Å². The molecular formula is C17H26ClNO6. The number of hydrogen-bond donors (Lipinski definition) is 6. The number of hydrogen-bond acceptors (Lipinski definition) is 7. The molecule has 1 aliphatic carbocycles. The van der Waals surface area contributed by atoms with Gasteiger partial charge in [0.15, 0.2) is 0 Å². The molecule has 1 fully saturated rings. The van der Waals surface area contributed by atoms with E-state index < -0.39 is 28.8 Å². The van der Waals surface area contributed by atoms with Gasteiger partial charge in [-0.2, -0.15) is 0 Å². The van der Waals surface area contributed by atoms with E-state index in [1.165, 1.54) is 24.3 Å². The first-order valence-electron chi connectivity index (χ1n) is 8.01.